The second-order valence-electron chi connectivity index (χ2n) is 9.03. The molecular weight excluding hydrogens is 428 g/mol. The minimum absolute atomic E-state index is 0.0251. The maximum Gasteiger partial charge on any atom is 0.307 e. The molecule has 0 radical (unpaired) electrons. The van der Waals surface area contributed by atoms with E-state index < -0.39 is 5.97 Å². The second-order valence-corrected chi connectivity index (χ2v) is 9.03. The van der Waals surface area contributed by atoms with Crippen molar-refractivity contribution in [2.24, 2.45) is 0 Å². The van der Waals surface area contributed by atoms with Crippen molar-refractivity contribution < 1.29 is 19.4 Å². The van der Waals surface area contributed by atoms with E-state index >= 15 is 0 Å². The zero-order valence-corrected chi connectivity index (χ0v) is 20.1. The van der Waals surface area contributed by atoms with E-state index in [9.17, 15) is 4.79 Å². The molecule has 1 fully saturated rings. The topological polar surface area (TPSA) is 63.9 Å². The zero-order valence-electron chi connectivity index (χ0n) is 20.1. The van der Waals surface area contributed by atoms with Gasteiger partial charge < -0.3 is 24.0 Å². The lowest BCUT2D eigenvalue weighted by atomic mass is 9.89. The van der Waals surface area contributed by atoms with E-state index in [-0.39, 0.29) is 6.42 Å². The number of piperidine rings is 1. The summed E-state index contributed by atoms with van der Waals surface area (Å²) in [5.74, 6) is 0.525. The molecule has 0 atom stereocenters. The Morgan fingerprint density at radius 1 is 1.06 bits per heavy atom. The van der Waals surface area contributed by atoms with Crippen LogP contribution in [0.15, 0.2) is 54.7 Å². The van der Waals surface area contributed by atoms with Crippen molar-refractivity contribution in [3.63, 3.8) is 0 Å². The van der Waals surface area contributed by atoms with E-state index in [1.807, 2.05) is 31.2 Å². The van der Waals surface area contributed by atoms with Crippen LogP contribution in [0, 0.1) is 0 Å². The third kappa shape index (κ3) is 6.39. The molecule has 2 aromatic carbocycles. The standard InChI is InChI=1S/C28H36N2O4/c1-2-33-18-16-30-21-26(25-9-3-4-10-27(25)30)23-11-14-29(15-12-23)13-6-17-34-24-8-5-7-22(19-24)20-28(31)32/h3-5,7-10,19,21,23H,2,6,11-18,20H2,1H3,(H,31,32). The molecule has 6 nitrogen and oxygen atoms in total. The van der Waals surface area contributed by atoms with Gasteiger partial charge in [-0.25, -0.2) is 0 Å². The first-order chi connectivity index (χ1) is 16.6. The average molecular weight is 465 g/mol. The number of aromatic nitrogens is 1. The molecule has 0 spiro atoms. The van der Waals surface area contributed by atoms with Crippen molar-refractivity contribution in [2.45, 2.75) is 45.1 Å². The van der Waals surface area contributed by atoms with Gasteiger partial charge in [-0.15, -0.1) is 0 Å². The van der Waals surface area contributed by atoms with Gasteiger partial charge in [-0.3, -0.25) is 4.79 Å². The molecule has 0 bridgehead atoms. The largest absolute Gasteiger partial charge is 0.494 e. The van der Waals surface area contributed by atoms with E-state index in [0.29, 0.717) is 12.5 Å². The van der Waals surface area contributed by atoms with E-state index in [2.05, 4.69) is 39.9 Å². The molecular formula is C28H36N2O4. The summed E-state index contributed by atoms with van der Waals surface area (Å²) in [5.41, 5.74) is 3.56. The number of carboxylic acids is 1. The molecule has 1 saturated heterocycles. The molecule has 0 aliphatic carbocycles. The lowest BCUT2D eigenvalue weighted by molar-refractivity contribution is -0.136. The predicted octanol–water partition coefficient (Wildman–Crippen LogP) is 4.95. The number of rotatable bonds is 12. The summed E-state index contributed by atoms with van der Waals surface area (Å²) in [6.07, 6.45) is 5.70. The molecule has 1 aliphatic rings. The van der Waals surface area contributed by atoms with Crippen molar-refractivity contribution in [3.05, 3.63) is 65.9 Å². The molecule has 2 heterocycles. The van der Waals surface area contributed by atoms with Gasteiger partial charge in [0.1, 0.15) is 5.75 Å². The Kier molecular flexibility index (Phi) is 8.61. The molecule has 0 saturated carbocycles. The Balaban J connectivity index is 1.25. The molecule has 4 rings (SSSR count). The number of para-hydroxylation sites is 1. The van der Waals surface area contributed by atoms with Crippen molar-refractivity contribution >= 4 is 16.9 Å². The predicted molar refractivity (Wildman–Crippen MR) is 135 cm³/mol. The number of hydrogen-bond donors (Lipinski definition) is 1. The van der Waals surface area contributed by atoms with Gasteiger partial charge in [0, 0.05) is 36.8 Å². The summed E-state index contributed by atoms with van der Waals surface area (Å²) in [6, 6.07) is 16.1. The monoisotopic (exact) mass is 464 g/mol. The molecule has 34 heavy (non-hydrogen) atoms. The number of likely N-dealkylation sites (tertiary alicyclic amines) is 1. The van der Waals surface area contributed by atoms with Crippen LogP contribution < -0.4 is 4.74 Å². The Labute approximate surface area is 202 Å². The smallest absolute Gasteiger partial charge is 0.307 e. The van der Waals surface area contributed by atoms with E-state index in [1.54, 1.807) is 0 Å². The maximum atomic E-state index is 10.9. The molecule has 1 N–H and O–H groups in total. The molecule has 0 amide bonds. The molecule has 182 valence electrons. The van der Waals surface area contributed by atoms with Crippen LogP contribution >= 0.6 is 0 Å². The van der Waals surface area contributed by atoms with Crippen molar-refractivity contribution in [2.75, 3.05) is 39.5 Å². The van der Waals surface area contributed by atoms with Crippen molar-refractivity contribution in [1.82, 2.24) is 9.47 Å². The van der Waals surface area contributed by atoms with Gasteiger partial charge in [-0.1, -0.05) is 30.3 Å². The van der Waals surface area contributed by atoms with Crippen LogP contribution in [0.4, 0.5) is 0 Å². The number of carbonyl (C=O) groups is 1. The number of aliphatic carboxylic acids is 1. The second kappa shape index (κ2) is 12.0. The zero-order chi connectivity index (χ0) is 23.8. The Bertz CT molecular complexity index is 1070. The first-order valence-corrected chi connectivity index (χ1v) is 12.5. The Morgan fingerprint density at radius 3 is 2.68 bits per heavy atom. The van der Waals surface area contributed by atoms with E-state index in [0.717, 1.165) is 57.1 Å². The Hall–Kier alpha value is -2.83. The first kappa shape index (κ1) is 24.3. The van der Waals surface area contributed by atoms with Gasteiger partial charge in [0.05, 0.1) is 19.6 Å². The SMILES string of the molecule is CCOCCn1cc(C2CCN(CCCOc3cccc(CC(=O)O)c3)CC2)c2ccccc21. The third-order valence-electron chi connectivity index (χ3n) is 6.67. The van der Waals surface area contributed by atoms with Gasteiger partial charge in [0.25, 0.3) is 0 Å². The molecule has 1 aliphatic heterocycles. The van der Waals surface area contributed by atoms with Crippen LogP contribution in [-0.2, 0) is 22.5 Å². The number of benzene rings is 2. The number of hydrogen-bond acceptors (Lipinski definition) is 4. The highest BCUT2D eigenvalue weighted by Gasteiger charge is 2.23. The fraction of sp³-hybridized carbons (Fsp3) is 0.464. The maximum absolute atomic E-state index is 10.9. The molecule has 1 aromatic heterocycles. The summed E-state index contributed by atoms with van der Waals surface area (Å²) >= 11 is 0. The van der Waals surface area contributed by atoms with Gasteiger partial charge >= 0.3 is 5.97 Å². The number of nitrogens with zero attached hydrogens (tertiary/aromatic N) is 2. The highest BCUT2D eigenvalue weighted by molar-refractivity contribution is 5.84. The summed E-state index contributed by atoms with van der Waals surface area (Å²) in [5, 5.41) is 10.3. The van der Waals surface area contributed by atoms with Crippen LogP contribution in [0.25, 0.3) is 10.9 Å². The van der Waals surface area contributed by atoms with Gasteiger partial charge in [0.2, 0.25) is 0 Å². The highest BCUT2D eigenvalue weighted by atomic mass is 16.5. The fourth-order valence-electron chi connectivity index (χ4n) is 4.96. The van der Waals surface area contributed by atoms with Gasteiger partial charge in [-0.2, -0.15) is 0 Å². The summed E-state index contributed by atoms with van der Waals surface area (Å²) in [6.45, 7) is 8.33. The summed E-state index contributed by atoms with van der Waals surface area (Å²) in [4.78, 5) is 13.4. The normalized spacial score (nSPS) is 15.1. The highest BCUT2D eigenvalue weighted by Crippen LogP contribution is 2.34. The minimum atomic E-state index is -0.823. The number of fused-ring (bicyclic) bond motifs is 1. The quantitative estimate of drug-likeness (QED) is 0.384. The summed E-state index contributed by atoms with van der Waals surface area (Å²) < 4.78 is 13.8. The van der Waals surface area contributed by atoms with Crippen LogP contribution in [-0.4, -0.2) is 60.0 Å². The first-order valence-electron chi connectivity index (χ1n) is 12.5. The van der Waals surface area contributed by atoms with E-state index in [4.69, 9.17) is 14.6 Å². The number of carboxylic acid groups (broad SMARTS) is 1. The lowest BCUT2D eigenvalue weighted by Crippen LogP contribution is -2.34. The summed E-state index contributed by atoms with van der Waals surface area (Å²) in [7, 11) is 0. The fourth-order valence-corrected chi connectivity index (χ4v) is 4.96. The van der Waals surface area contributed by atoms with Crippen molar-refractivity contribution in [1.29, 1.82) is 0 Å². The molecule has 3 aromatic rings. The van der Waals surface area contributed by atoms with Crippen LogP contribution in [0.2, 0.25) is 0 Å². The molecule has 6 heteroatoms. The number of ether oxygens (including phenoxy) is 2. The average Bonchev–Trinajstić information content (AvgIpc) is 3.21. The van der Waals surface area contributed by atoms with Crippen molar-refractivity contribution in [3.8, 4) is 5.75 Å². The Morgan fingerprint density at radius 2 is 1.88 bits per heavy atom. The van der Waals surface area contributed by atoms with Crippen LogP contribution in [0.3, 0.4) is 0 Å². The molecule has 0 unspecified atom stereocenters. The van der Waals surface area contributed by atoms with E-state index in [1.165, 1.54) is 29.3 Å². The lowest BCUT2D eigenvalue weighted by Gasteiger charge is -2.32. The minimum Gasteiger partial charge on any atom is -0.494 e. The van der Waals surface area contributed by atoms with Gasteiger partial charge in [-0.05, 0) is 74.5 Å². The third-order valence-corrected chi connectivity index (χ3v) is 6.67. The van der Waals surface area contributed by atoms with Gasteiger partial charge in [0.15, 0.2) is 0 Å². The van der Waals surface area contributed by atoms with Crippen LogP contribution in [0.5, 0.6) is 5.75 Å². The van der Waals surface area contributed by atoms with Crippen LogP contribution in [0.1, 0.15) is 43.2 Å².